The summed E-state index contributed by atoms with van der Waals surface area (Å²) in [6, 6.07) is -1.68. The van der Waals surface area contributed by atoms with Crippen molar-refractivity contribution in [2.24, 2.45) is 22.4 Å². The largest absolute Gasteiger partial charge is 0.480 e. The molecule has 1 aliphatic rings. The monoisotopic (exact) mass is 344 g/mol. The number of hydrogen-bond donors (Lipinski definition) is 4. The zero-order chi connectivity index (χ0) is 18.3. The van der Waals surface area contributed by atoms with Gasteiger partial charge in [0.15, 0.2) is 5.03 Å². The van der Waals surface area contributed by atoms with Crippen LogP contribution in [0.1, 0.15) is 32.6 Å². The third-order valence-corrected chi connectivity index (χ3v) is 3.91. The molecular weight excluding hydrogens is 320 g/mol. The zero-order valence-electron chi connectivity index (χ0n) is 13.6. The standard InChI is InChI=1S/C13H24N6O5/c1-8-4-6-18(10(7-8)12(21)22)11(20)9(14)3-2-5-16-13(15)17-19(23)24/h8-10H,2-7,14H2,1H3,(H,21,22)(H3,15,16,17)/t8?,9-,10?/m0/s1. The minimum atomic E-state index is -1.02. The number of aliphatic carboxylic acids is 1. The number of nitrogens with two attached hydrogens (primary N) is 2. The van der Waals surface area contributed by atoms with Crippen LogP contribution in [0.3, 0.4) is 0 Å². The number of piperidine rings is 1. The van der Waals surface area contributed by atoms with Crippen LogP contribution in [0.5, 0.6) is 0 Å². The lowest BCUT2D eigenvalue weighted by molar-refractivity contribution is -0.525. The fourth-order valence-electron chi connectivity index (χ4n) is 2.62. The van der Waals surface area contributed by atoms with Gasteiger partial charge in [-0.1, -0.05) is 12.3 Å². The summed E-state index contributed by atoms with van der Waals surface area (Å²) < 4.78 is 0. The van der Waals surface area contributed by atoms with Crippen molar-refractivity contribution in [2.75, 3.05) is 13.1 Å². The van der Waals surface area contributed by atoms with Crippen LogP contribution in [0, 0.1) is 16.0 Å². The maximum atomic E-state index is 12.4. The molecule has 0 aliphatic carbocycles. The van der Waals surface area contributed by atoms with Crippen molar-refractivity contribution in [1.82, 2.24) is 10.3 Å². The molecule has 24 heavy (non-hydrogen) atoms. The van der Waals surface area contributed by atoms with Crippen molar-refractivity contribution < 1.29 is 19.7 Å². The summed E-state index contributed by atoms with van der Waals surface area (Å²) in [7, 11) is 0. The van der Waals surface area contributed by atoms with Crippen LogP contribution in [-0.4, -0.2) is 58.0 Å². The first kappa shape index (κ1) is 19.6. The summed E-state index contributed by atoms with van der Waals surface area (Å²) in [5.41, 5.74) is 12.8. The number of amides is 1. The van der Waals surface area contributed by atoms with Gasteiger partial charge in [-0.2, -0.15) is 0 Å². The van der Waals surface area contributed by atoms with Gasteiger partial charge in [0.05, 0.1) is 6.04 Å². The van der Waals surface area contributed by atoms with E-state index in [-0.39, 0.29) is 24.8 Å². The highest BCUT2D eigenvalue weighted by atomic mass is 16.7. The average molecular weight is 344 g/mol. The fourth-order valence-corrected chi connectivity index (χ4v) is 2.62. The van der Waals surface area contributed by atoms with E-state index in [9.17, 15) is 24.8 Å². The van der Waals surface area contributed by atoms with Gasteiger partial charge in [0.1, 0.15) is 6.04 Å². The second-order valence-corrected chi connectivity index (χ2v) is 5.90. The fraction of sp³-hybridized carbons (Fsp3) is 0.769. The van der Waals surface area contributed by atoms with E-state index < -0.39 is 29.0 Å². The summed E-state index contributed by atoms with van der Waals surface area (Å²) in [5.74, 6) is -1.49. The number of carboxylic acid groups (broad SMARTS) is 1. The molecular formula is C13H24N6O5. The average Bonchev–Trinajstić information content (AvgIpc) is 2.49. The lowest BCUT2D eigenvalue weighted by Crippen LogP contribution is -2.54. The Morgan fingerprint density at radius 2 is 2.21 bits per heavy atom. The molecule has 0 aromatic rings. The van der Waals surface area contributed by atoms with Crippen molar-refractivity contribution in [3.05, 3.63) is 10.1 Å². The summed E-state index contributed by atoms with van der Waals surface area (Å²) in [5, 5.41) is 18.6. The van der Waals surface area contributed by atoms with Gasteiger partial charge >= 0.3 is 5.97 Å². The van der Waals surface area contributed by atoms with E-state index in [0.29, 0.717) is 19.4 Å². The van der Waals surface area contributed by atoms with Gasteiger partial charge in [-0.25, -0.2) is 19.9 Å². The molecule has 0 aromatic heterocycles. The highest BCUT2D eigenvalue weighted by Gasteiger charge is 2.36. The van der Waals surface area contributed by atoms with Crippen LogP contribution in [-0.2, 0) is 9.59 Å². The maximum Gasteiger partial charge on any atom is 0.326 e. The smallest absolute Gasteiger partial charge is 0.326 e. The van der Waals surface area contributed by atoms with Crippen LogP contribution < -0.4 is 16.9 Å². The maximum absolute atomic E-state index is 12.4. The molecule has 11 nitrogen and oxygen atoms in total. The molecule has 0 saturated carbocycles. The Morgan fingerprint density at radius 3 is 2.79 bits per heavy atom. The Labute approximate surface area is 139 Å². The summed E-state index contributed by atoms with van der Waals surface area (Å²) in [6.07, 6.45) is 1.85. The molecule has 1 saturated heterocycles. The second-order valence-electron chi connectivity index (χ2n) is 5.90. The molecule has 0 radical (unpaired) electrons. The highest BCUT2D eigenvalue weighted by Crippen LogP contribution is 2.23. The van der Waals surface area contributed by atoms with Gasteiger partial charge in [-0.15, -0.1) is 0 Å². The first-order valence-corrected chi connectivity index (χ1v) is 7.72. The number of likely N-dealkylation sites (tertiary alicyclic amines) is 1. The Morgan fingerprint density at radius 1 is 1.54 bits per heavy atom. The Hall–Kier alpha value is -2.43. The van der Waals surface area contributed by atoms with Crippen molar-refractivity contribution in [3.63, 3.8) is 0 Å². The van der Waals surface area contributed by atoms with Crippen molar-refractivity contribution in [2.45, 2.75) is 44.7 Å². The van der Waals surface area contributed by atoms with Crippen molar-refractivity contribution in [3.8, 4) is 0 Å². The van der Waals surface area contributed by atoms with Crippen LogP contribution in [0.25, 0.3) is 0 Å². The second kappa shape index (κ2) is 9.01. The normalized spacial score (nSPS) is 22.8. The van der Waals surface area contributed by atoms with Crippen molar-refractivity contribution >= 4 is 17.8 Å². The molecule has 1 amide bonds. The number of guanidine groups is 1. The van der Waals surface area contributed by atoms with Crippen LogP contribution in [0.15, 0.2) is 4.99 Å². The third-order valence-electron chi connectivity index (χ3n) is 3.91. The van der Waals surface area contributed by atoms with E-state index in [1.54, 1.807) is 5.43 Å². The van der Waals surface area contributed by atoms with Crippen LogP contribution in [0.4, 0.5) is 0 Å². The zero-order valence-corrected chi connectivity index (χ0v) is 13.6. The number of nitrogens with zero attached hydrogens (tertiary/aromatic N) is 3. The molecule has 1 fully saturated rings. The Kier molecular flexibility index (Phi) is 7.36. The van der Waals surface area contributed by atoms with Gasteiger partial charge < -0.3 is 21.5 Å². The van der Waals surface area contributed by atoms with Gasteiger partial charge in [-0.3, -0.25) is 4.79 Å². The number of carboxylic acids is 1. The van der Waals surface area contributed by atoms with E-state index in [1.165, 1.54) is 4.90 Å². The minimum absolute atomic E-state index is 0.174. The number of nitro groups is 1. The molecule has 3 atom stereocenters. The van der Waals surface area contributed by atoms with Gasteiger partial charge in [0.25, 0.3) is 5.96 Å². The molecule has 1 rings (SSSR count). The van der Waals surface area contributed by atoms with Gasteiger partial charge in [0, 0.05) is 13.1 Å². The number of nitrogens with one attached hydrogen (secondary N) is 1. The first-order chi connectivity index (χ1) is 11.2. The summed E-state index contributed by atoms with van der Waals surface area (Å²) >= 11 is 0. The summed E-state index contributed by atoms with van der Waals surface area (Å²) in [6.45, 7) is 2.51. The number of rotatable bonds is 7. The Balaban J connectivity index is 2.49. The molecule has 6 N–H and O–H groups in total. The van der Waals surface area contributed by atoms with Gasteiger partial charge in [-0.05, 0) is 31.6 Å². The molecule has 0 aromatic carbocycles. The molecule has 2 unspecified atom stereocenters. The van der Waals surface area contributed by atoms with Crippen molar-refractivity contribution in [1.29, 1.82) is 0 Å². The predicted molar refractivity (Wildman–Crippen MR) is 85.4 cm³/mol. The lowest BCUT2D eigenvalue weighted by atomic mass is 9.91. The van der Waals surface area contributed by atoms with Crippen LogP contribution in [0.2, 0.25) is 0 Å². The number of carbonyl (C=O) groups is 2. The molecule has 1 heterocycles. The van der Waals surface area contributed by atoms with E-state index >= 15 is 0 Å². The van der Waals surface area contributed by atoms with Gasteiger partial charge in [0.2, 0.25) is 5.91 Å². The predicted octanol–water partition coefficient (Wildman–Crippen LogP) is -1.10. The molecule has 1 aliphatic heterocycles. The molecule has 0 bridgehead atoms. The van der Waals surface area contributed by atoms with E-state index in [1.807, 2.05) is 6.92 Å². The number of hydrogen-bond acceptors (Lipinski definition) is 6. The minimum Gasteiger partial charge on any atom is -0.480 e. The SMILES string of the molecule is CC1CCN(C(=O)[C@@H](N)CCCN=C(N)N[N+](=O)[O-])C(C(=O)O)C1. The number of hydrazine groups is 1. The molecule has 0 spiro atoms. The van der Waals surface area contributed by atoms with E-state index in [0.717, 1.165) is 6.42 Å². The number of carbonyl (C=O) groups excluding carboxylic acids is 1. The molecule has 11 heteroatoms. The Bertz CT molecular complexity index is 511. The molecule has 136 valence electrons. The topological polar surface area (TPSA) is 177 Å². The quantitative estimate of drug-likeness (QED) is 0.148. The highest BCUT2D eigenvalue weighted by molar-refractivity contribution is 5.87. The lowest BCUT2D eigenvalue weighted by Gasteiger charge is -2.37. The van der Waals surface area contributed by atoms with Crippen LogP contribution >= 0.6 is 0 Å². The van der Waals surface area contributed by atoms with E-state index in [2.05, 4.69) is 4.99 Å². The third kappa shape index (κ3) is 5.99. The summed E-state index contributed by atoms with van der Waals surface area (Å²) in [4.78, 5) is 38.9. The van der Waals surface area contributed by atoms with E-state index in [4.69, 9.17) is 11.5 Å². The first-order valence-electron chi connectivity index (χ1n) is 7.72. The number of aliphatic imine (C=N–C) groups is 1.